The van der Waals surface area contributed by atoms with E-state index < -0.39 is 0 Å². The summed E-state index contributed by atoms with van der Waals surface area (Å²) in [4.78, 5) is 0. The van der Waals surface area contributed by atoms with Crippen molar-refractivity contribution in [3.8, 4) is 0 Å². The Kier molecular flexibility index (Phi) is 5.30. The first kappa shape index (κ1) is 15.2. The van der Waals surface area contributed by atoms with Crippen LogP contribution in [0.2, 0.25) is 0 Å². The third kappa shape index (κ3) is 3.89. The molecule has 1 aromatic carbocycles. The van der Waals surface area contributed by atoms with E-state index in [1.165, 1.54) is 43.4 Å². The van der Waals surface area contributed by atoms with Gasteiger partial charge in [0.1, 0.15) is 11.6 Å². The standard InChI is InChI=1S/C17H23F2N/c1-12-10-17(19)15(11-16(12)18)13(2)20-9-8-14-6-4-3-5-7-14/h6,10-11,13,20H,3-5,7-9H2,1-2H3. The zero-order chi connectivity index (χ0) is 14.5. The van der Waals surface area contributed by atoms with E-state index in [0.29, 0.717) is 11.1 Å². The average Bonchev–Trinajstić information content (AvgIpc) is 2.44. The molecule has 0 amide bonds. The van der Waals surface area contributed by atoms with Crippen molar-refractivity contribution < 1.29 is 8.78 Å². The summed E-state index contributed by atoms with van der Waals surface area (Å²) in [7, 11) is 0. The molecule has 0 fully saturated rings. The van der Waals surface area contributed by atoms with Gasteiger partial charge in [-0.3, -0.25) is 0 Å². The molecule has 0 radical (unpaired) electrons. The number of hydrogen-bond donors (Lipinski definition) is 1. The summed E-state index contributed by atoms with van der Waals surface area (Å²) < 4.78 is 27.4. The minimum absolute atomic E-state index is 0.172. The van der Waals surface area contributed by atoms with Crippen LogP contribution in [0.15, 0.2) is 23.8 Å². The predicted molar refractivity (Wildman–Crippen MR) is 78.7 cm³/mol. The van der Waals surface area contributed by atoms with Gasteiger partial charge in [-0.05, 0) is 70.2 Å². The van der Waals surface area contributed by atoms with Crippen LogP contribution < -0.4 is 5.32 Å². The van der Waals surface area contributed by atoms with Gasteiger partial charge in [-0.1, -0.05) is 11.6 Å². The zero-order valence-electron chi connectivity index (χ0n) is 12.3. The normalized spacial score (nSPS) is 16.9. The summed E-state index contributed by atoms with van der Waals surface area (Å²) >= 11 is 0. The Bertz CT molecular complexity index is 494. The number of benzene rings is 1. The summed E-state index contributed by atoms with van der Waals surface area (Å²) in [6.45, 7) is 4.26. The molecule has 0 heterocycles. The second-order valence-corrected chi connectivity index (χ2v) is 5.66. The van der Waals surface area contributed by atoms with Crippen LogP contribution in [0.3, 0.4) is 0 Å². The fraction of sp³-hybridized carbons (Fsp3) is 0.529. The SMILES string of the molecule is Cc1cc(F)c(C(C)NCCC2=CCCCC2)cc1F. The summed E-state index contributed by atoms with van der Waals surface area (Å²) in [5, 5.41) is 3.29. The average molecular weight is 279 g/mol. The maximum Gasteiger partial charge on any atom is 0.128 e. The molecule has 3 heteroatoms. The van der Waals surface area contributed by atoms with E-state index >= 15 is 0 Å². The first-order valence-corrected chi connectivity index (χ1v) is 7.44. The Balaban J connectivity index is 1.90. The molecular weight excluding hydrogens is 256 g/mol. The zero-order valence-corrected chi connectivity index (χ0v) is 12.3. The van der Waals surface area contributed by atoms with Gasteiger partial charge in [-0.15, -0.1) is 0 Å². The predicted octanol–water partition coefficient (Wildman–Crippen LogP) is 4.81. The molecule has 1 nitrogen and oxygen atoms in total. The van der Waals surface area contributed by atoms with Gasteiger partial charge in [-0.25, -0.2) is 8.78 Å². The number of rotatable bonds is 5. The van der Waals surface area contributed by atoms with Crippen molar-refractivity contribution in [3.63, 3.8) is 0 Å². The first-order chi connectivity index (χ1) is 9.58. The van der Waals surface area contributed by atoms with Crippen molar-refractivity contribution in [2.45, 2.75) is 52.0 Å². The molecule has 1 aliphatic rings. The largest absolute Gasteiger partial charge is 0.310 e. The van der Waals surface area contributed by atoms with E-state index in [2.05, 4.69) is 11.4 Å². The van der Waals surface area contributed by atoms with Gasteiger partial charge in [-0.2, -0.15) is 0 Å². The fourth-order valence-electron chi connectivity index (χ4n) is 2.68. The molecule has 1 N–H and O–H groups in total. The summed E-state index contributed by atoms with van der Waals surface area (Å²) in [5.41, 5.74) is 2.25. The van der Waals surface area contributed by atoms with Crippen LogP contribution in [0.25, 0.3) is 0 Å². The minimum Gasteiger partial charge on any atom is -0.310 e. The molecule has 1 atom stereocenters. The number of hydrogen-bond acceptors (Lipinski definition) is 1. The summed E-state index contributed by atoms with van der Waals surface area (Å²) in [6.07, 6.45) is 8.26. The van der Waals surface area contributed by atoms with E-state index in [9.17, 15) is 8.78 Å². The van der Waals surface area contributed by atoms with E-state index in [4.69, 9.17) is 0 Å². The monoisotopic (exact) mass is 279 g/mol. The Hall–Kier alpha value is -1.22. The van der Waals surface area contributed by atoms with Crippen LogP contribution in [0.4, 0.5) is 8.78 Å². The summed E-state index contributed by atoms with van der Waals surface area (Å²) in [6, 6.07) is 2.41. The van der Waals surface area contributed by atoms with Crippen LogP contribution in [-0.2, 0) is 0 Å². The summed E-state index contributed by atoms with van der Waals surface area (Å²) in [5.74, 6) is -0.675. The highest BCUT2D eigenvalue weighted by Crippen LogP contribution is 2.22. The topological polar surface area (TPSA) is 12.0 Å². The van der Waals surface area contributed by atoms with Crippen molar-refractivity contribution in [2.75, 3.05) is 6.54 Å². The van der Waals surface area contributed by atoms with Crippen molar-refractivity contribution >= 4 is 0 Å². The third-order valence-electron chi connectivity index (χ3n) is 4.03. The van der Waals surface area contributed by atoms with Gasteiger partial charge < -0.3 is 5.32 Å². The highest BCUT2D eigenvalue weighted by atomic mass is 19.1. The molecule has 20 heavy (non-hydrogen) atoms. The van der Waals surface area contributed by atoms with Gasteiger partial charge in [0, 0.05) is 11.6 Å². The van der Waals surface area contributed by atoms with Crippen molar-refractivity contribution in [1.82, 2.24) is 5.32 Å². The van der Waals surface area contributed by atoms with Crippen LogP contribution in [0.5, 0.6) is 0 Å². The van der Waals surface area contributed by atoms with Gasteiger partial charge in [0.15, 0.2) is 0 Å². The lowest BCUT2D eigenvalue weighted by atomic mass is 9.97. The lowest BCUT2D eigenvalue weighted by molar-refractivity contribution is 0.514. The molecule has 1 aromatic rings. The maximum absolute atomic E-state index is 13.8. The molecule has 1 aliphatic carbocycles. The molecule has 0 aliphatic heterocycles. The minimum atomic E-state index is -0.343. The Morgan fingerprint density at radius 3 is 2.70 bits per heavy atom. The molecule has 0 bridgehead atoms. The molecule has 0 spiro atoms. The molecule has 0 aromatic heterocycles. The maximum atomic E-state index is 13.8. The van der Waals surface area contributed by atoms with Crippen molar-refractivity contribution in [1.29, 1.82) is 0 Å². The van der Waals surface area contributed by atoms with E-state index in [1.54, 1.807) is 6.92 Å². The second-order valence-electron chi connectivity index (χ2n) is 5.66. The molecule has 0 saturated carbocycles. The molecule has 110 valence electrons. The van der Waals surface area contributed by atoms with Crippen LogP contribution in [0, 0.1) is 18.6 Å². The highest BCUT2D eigenvalue weighted by Gasteiger charge is 2.13. The van der Waals surface area contributed by atoms with Gasteiger partial charge in [0.05, 0.1) is 0 Å². The third-order valence-corrected chi connectivity index (χ3v) is 4.03. The highest BCUT2D eigenvalue weighted by molar-refractivity contribution is 5.27. The lowest BCUT2D eigenvalue weighted by Crippen LogP contribution is -2.21. The van der Waals surface area contributed by atoms with Crippen LogP contribution in [-0.4, -0.2) is 6.54 Å². The quantitative estimate of drug-likeness (QED) is 0.762. The number of halogens is 2. The van der Waals surface area contributed by atoms with Gasteiger partial charge >= 0.3 is 0 Å². The molecule has 0 saturated heterocycles. The van der Waals surface area contributed by atoms with Crippen LogP contribution >= 0.6 is 0 Å². The van der Waals surface area contributed by atoms with E-state index in [0.717, 1.165) is 13.0 Å². The van der Waals surface area contributed by atoms with Gasteiger partial charge in [0.2, 0.25) is 0 Å². The second kappa shape index (κ2) is 6.98. The van der Waals surface area contributed by atoms with Crippen LogP contribution in [0.1, 0.15) is 56.2 Å². The van der Waals surface area contributed by atoms with Crippen molar-refractivity contribution in [2.24, 2.45) is 0 Å². The Labute approximate surface area is 120 Å². The number of aryl methyl sites for hydroxylation is 1. The Morgan fingerprint density at radius 1 is 1.20 bits per heavy atom. The smallest absolute Gasteiger partial charge is 0.128 e. The molecule has 1 unspecified atom stereocenters. The fourth-order valence-corrected chi connectivity index (χ4v) is 2.68. The van der Waals surface area contributed by atoms with E-state index in [-0.39, 0.29) is 17.7 Å². The van der Waals surface area contributed by atoms with Crippen molar-refractivity contribution in [3.05, 3.63) is 46.5 Å². The van der Waals surface area contributed by atoms with Gasteiger partial charge in [0.25, 0.3) is 0 Å². The molecular formula is C17H23F2N. The van der Waals surface area contributed by atoms with E-state index in [1.807, 2.05) is 6.92 Å². The first-order valence-electron chi connectivity index (χ1n) is 7.44. The number of allylic oxidation sites excluding steroid dienone is 1. The number of nitrogens with one attached hydrogen (secondary N) is 1. The molecule has 2 rings (SSSR count). The lowest BCUT2D eigenvalue weighted by Gasteiger charge is -2.18. The Morgan fingerprint density at radius 2 is 2.00 bits per heavy atom.